The zero-order chi connectivity index (χ0) is 19.6. The molecule has 8 heteroatoms. The average Bonchev–Trinajstić information content (AvgIpc) is 3.42. The van der Waals surface area contributed by atoms with E-state index in [1.807, 2.05) is 24.3 Å². The van der Waals surface area contributed by atoms with Crippen LogP contribution in [0.5, 0.6) is 5.75 Å². The third-order valence-corrected chi connectivity index (χ3v) is 6.12. The molecule has 1 amide bonds. The van der Waals surface area contributed by atoms with E-state index in [0.29, 0.717) is 11.4 Å². The molecule has 0 saturated carbocycles. The van der Waals surface area contributed by atoms with Crippen LogP contribution in [0.15, 0.2) is 48.1 Å². The van der Waals surface area contributed by atoms with Gasteiger partial charge in [-0.05, 0) is 17.7 Å². The van der Waals surface area contributed by atoms with Crippen LogP contribution in [0.3, 0.4) is 0 Å². The number of rotatable bonds is 4. The van der Waals surface area contributed by atoms with Gasteiger partial charge in [0.05, 0.1) is 17.6 Å². The Hall–Kier alpha value is -2.97. The Bertz CT molecular complexity index is 1010. The summed E-state index contributed by atoms with van der Waals surface area (Å²) in [6.07, 6.45) is 4.09. The predicted octanol–water partition coefficient (Wildman–Crippen LogP) is 2.88. The zero-order valence-electron chi connectivity index (χ0n) is 15.8. The Morgan fingerprint density at radius 1 is 1.24 bits per heavy atom. The summed E-state index contributed by atoms with van der Waals surface area (Å²) < 4.78 is 6.00. The quantitative estimate of drug-likeness (QED) is 0.692. The maximum Gasteiger partial charge on any atom is 0.275 e. The van der Waals surface area contributed by atoms with E-state index in [1.54, 1.807) is 17.8 Å². The molecule has 5 rings (SSSR count). The molecule has 2 aromatic heterocycles. The highest BCUT2D eigenvalue weighted by Gasteiger charge is 2.27. The summed E-state index contributed by atoms with van der Waals surface area (Å²) in [5, 5.41) is 8.94. The van der Waals surface area contributed by atoms with Crippen molar-refractivity contribution >= 4 is 28.6 Å². The Kier molecular flexibility index (Phi) is 4.87. The average molecular weight is 407 g/mol. The van der Waals surface area contributed by atoms with Crippen LogP contribution in [0.2, 0.25) is 0 Å². The molecule has 0 radical (unpaired) electrons. The van der Waals surface area contributed by atoms with Gasteiger partial charge in [-0.1, -0.05) is 18.2 Å². The number of pyridine rings is 1. The minimum absolute atomic E-state index is 0.131. The van der Waals surface area contributed by atoms with Crippen molar-refractivity contribution in [2.24, 2.45) is 0 Å². The lowest BCUT2D eigenvalue weighted by atomic mass is 10.1. The van der Waals surface area contributed by atoms with Crippen LogP contribution in [0.4, 0.5) is 11.4 Å². The maximum absolute atomic E-state index is 12.8. The van der Waals surface area contributed by atoms with Crippen molar-refractivity contribution in [2.75, 3.05) is 36.4 Å². The summed E-state index contributed by atoms with van der Waals surface area (Å²) >= 11 is 1.46. The van der Waals surface area contributed by atoms with Crippen LogP contribution in [-0.2, 0) is 6.42 Å². The fourth-order valence-corrected chi connectivity index (χ4v) is 4.54. The minimum Gasteiger partial charge on any atom is -0.483 e. The summed E-state index contributed by atoms with van der Waals surface area (Å²) in [5.41, 5.74) is 3.27. The van der Waals surface area contributed by atoms with E-state index in [1.165, 1.54) is 16.9 Å². The number of hydrogen-bond acceptors (Lipinski definition) is 7. The number of aromatic nitrogens is 2. The van der Waals surface area contributed by atoms with Crippen molar-refractivity contribution < 1.29 is 9.53 Å². The van der Waals surface area contributed by atoms with Crippen molar-refractivity contribution in [3.05, 3.63) is 64.4 Å². The highest BCUT2D eigenvalue weighted by atomic mass is 32.1. The summed E-state index contributed by atoms with van der Waals surface area (Å²) in [5.74, 6) is 0.669. The number of carbonyl (C=O) groups is 1. The van der Waals surface area contributed by atoms with Gasteiger partial charge in [0.15, 0.2) is 6.10 Å². The fraction of sp³-hybridized carbons (Fsp3) is 0.286. The van der Waals surface area contributed by atoms with Gasteiger partial charge in [-0.3, -0.25) is 9.78 Å². The molecule has 0 bridgehead atoms. The number of carbonyl (C=O) groups excluding carboxylic acids is 1. The van der Waals surface area contributed by atoms with Gasteiger partial charge in [-0.2, -0.15) is 0 Å². The topological polar surface area (TPSA) is 79.4 Å². The van der Waals surface area contributed by atoms with Crippen LogP contribution in [-0.4, -0.2) is 42.1 Å². The van der Waals surface area contributed by atoms with E-state index < -0.39 is 0 Å². The summed E-state index contributed by atoms with van der Waals surface area (Å²) in [6.45, 7) is 3.64. The number of ether oxygens (including phenoxy) is 1. The highest BCUT2D eigenvalue weighted by Crippen LogP contribution is 2.37. The van der Waals surface area contributed by atoms with Crippen LogP contribution in [0.25, 0.3) is 0 Å². The molecule has 1 aromatic carbocycles. The number of thiazole rings is 1. The third-order valence-electron chi connectivity index (χ3n) is 5.18. The standard InChI is InChI=1S/C21H21N5O2S/c27-20(24-15-12-23-6-5-17(15)26-9-7-22-8-10-26)16-13-29-21(25-16)19-11-14-3-1-2-4-18(14)28-19/h1-6,12-13,19,22H,7-11H2,(H,24,27). The van der Waals surface area contributed by atoms with Crippen LogP contribution >= 0.6 is 11.3 Å². The van der Waals surface area contributed by atoms with Gasteiger partial charge in [-0.15, -0.1) is 11.3 Å². The Morgan fingerprint density at radius 2 is 2.10 bits per heavy atom. The Labute approximate surface area is 172 Å². The molecule has 29 heavy (non-hydrogen) atoms. The second kappa shape index (κ2) is 7.81. The summed E-state index contributed by atoms with van der Waals surface area (Å²) in [4.78, 5) is 23.8. The van der Waals surface area contributed by atoms with Crippen molar-refractivity contribution in [1.82, 2.24) is 15.3 Å². The normalized spacial score (nSPS) is 18.2. The molecule has 2 aliphatic rings. The molecule has 3 aromatic rings. The number of anilines is 2. The van der Waals surface area contributed by atoms with Crippen LogP contribution in [0, 0.1) is 0 Å². The van der Waals surface area contributed by atoms with E-state index in [-0.39, 0.29) is 12.0 Å². The second-order valence-corrected chi connectivity index (χ2v) is 7.96. The van der Waals surface area contributed by atoms with Gasteiger partial charge in [0.25, 0.3) is 5.91 Å². The Morgan fingerprint density at radius 3 is 2.97 bits per heavy atom. The molecular formula is C21H21N5O2S. The van der Waals surface area contributed by atoms with E-state index in [9.17, 15) is 4.79 Å². The van der Waals surface area contributed by atoms with Gasteiger partial charge >= 0.3 is 0 Å². The maximum atomic E-state index is 12.8. The molecule has 1 atom stereocenters. The van der Waals surface area contributed by atoms with Gasteiger partial charge in [0.2, 0.25) is 0 Å². The van der Waals surface area contributed by atoms with Gasteiger partial charge in [0, 0.05) is 44.2 Å². The highest BCUT2D eigenvalue weighted by molar-refractivity contribution is 7.09. The number of amides is 1. The van der Waals surface area contributed by atoms with Gasteiger partial charge < -0.3 is 20.3 Å². The number of fused-ring (bicyclic) bond motifs is 1. The molecule has 1 saturated heterocycles. The summed E-state index contributed by atoms with van der Waals surface area (Å²) in [6, 6.07) is 9.95. The van der Waals surface area contributed by atoms with E-state index in [2.05, 4.69) is 31.6 Å². The first kappa shape index (κ1) is 18.1. The molecule has 2 N–H and O–H groups in total. The lowest BCUT2D eigenvalue weighted by molar-refractivity contribution is 0.102. The number of benzene rings is 1. The van der Waals surface area contributed by atoms with Crippen molar-refractivity contribution in [3.8, 4) is 5.75 Å². The van der Waals surface area contributed by atoms with Crippen molar-refractivity contribution in [2.45, 2.75) is 12.5 Å². The molecule has 2 aliphatic heterocycles. The number of piperazine rings is 1. The van der Waals surface area contributed by atoms with E-state index in [4.69, 9.17) is 4.74 Å². The molecule has 0 spiro atoms. The lowest BCUT2D eigenvalue weighted by Gasteiger charge is -2.30. The zero-order valence-corrected chi connectivity index (χ0v) is 16.6. The lowest BCUT2D eigenvalue weighted by Crippen LogP contribution is -2.43. The molecular weight excluding hydrogens is 386 g/mol. The summed E-state index contributed by atoms with van der Waals surface area (Å²) in [7, 11) is 0. The second-order valence-electron chi connectivity index (χ2n) is 7.07. The van der Waals surface area contributed by atoms with Crippen LogP contribution in [0.1, 0.15) is 27.2 Å². The first-order valence-electron chi connectivity index (χ1n) is 9.69. The smallest absolute Gasteiger partial charge is 0.275 e. The molecule has 148 valence electrons. The fourth-order valence-electron chi connectivity index (χ4n) is 3.71. The van der Waals surface area contributed by atoms with Gasteiger partial charge in [-0.25, -0.2) is 4.98 Å². The Balaban J connectivity index is 1.30. The SMILES string of the molecule is O=C(Nc1cnccc1N1CCNCC1)c1csc(C2Cc3ccccc3O2)n1. The largest absolute Gasteiger partial charge is 0.483 e. The van der Waals surface area contributed by atoms with Crippen molar-refractivity contribution in [3.63, 3.8) is 0 Å². The van der Waals surface area contributed by atoms with Crippen LogP contribution < -0.4 is 20.3 Å². The predicted molar refractivity (Wildman–Crippen MR) is 113 cm³/mol. The molecule has 1 unspecified atom stereocenters. The number of hydrogen-bond donors (Lipinski definition) is 2. The number of para-hydroxylation sites is 1. The van der Waals surface area contributed by atoms with Gasteiger partial charge in [0.1, 0.15) is 16.5 Å². The van der Waals surface area contributed by atoms with E-state index >= 15 is 0 Å². The monoisotopic (exact) mass is 407 g/mol. The molecule has 7 nitrogen and oxygen atoms in total. The number of nitrogens with one attached hydrogen (secondary N) is 2. The third kappa shape index (κ3) is 3.68. The number of nitrogens with zero attached hydrogens (tertiary/aromatic N) is 3. The first-order chi connectivity index (χ1) is 14.3. The minimum atomic E-state index is -0.229. The van der Waals surface area contributed by atoms with Crippen molar-refractivity contribution in [1.29, 1.82) is 0 Å². The molecule has 0 aliphatic carbocycles. The molecule has 1 fully saturated rings. The van der Waals surface area contributed by atoms with E-state index in [0.717, 1.165) is 49.0 Å². The molecule has 4 heterocycles. The first-order valence-corrected chi connectivity index (χ1v) is 10.6.